The van der Waals surface area contributed by atoms with Crippen molar-refractivity contribution in [3.05, 3.63) is 34.5 Å². The van der Waals surface area contributed by atoms with E-state index in [0.29, 0.717) is 49.3 Å². The third-order valence-electron chi connectivity index (χ3n) is 8.98. The second kappa shape index (κ2) is 8.08. The monoisotopic (exact) mass is 486 g/mol. The van der Waals surface area contributed by atoms with Gasteiger partial charge < -0.3 is 20.5 Å². The fourth-order valence-corrected chi connectivity index (χ4v) is 7.70. The highest BCUT2D eigenvalue weighted by atomic mass is 19.1. The maximum absolute atomic E-state index is 13.9. The van der Waals surface area contributed by atoms with Crippen molar-refractivity contribution in [1.29, 1.82) is 0 Å². The van der Waals surface area contributed by atoms with Gasteiger partial charge in [-0.2, -0.15) is 0 Å². The van der Waals surface area contributed by atoms with E-state index in [1.807, 2.05) is 0 Å². The number of halogens is 1. The van der Waals surface area contributed by atoms with E-state index in [1.54, 1.807) is 15.5 Å². The number of nitrogens with two attached hydrogens (primary N) is 1. The van der Waals surface area contributed by atoms with Gasteiger partial charge in [-0.05, 0) is 74.5 Å². The predicted octanol–water partition coefficient (Wildman–Crippen LogP) is 2.00. The molecule has 4 saturated carbocycles. The molecule has 9 nitrogen and oxygen atoms in total. The second-order valence-corrected chi connectivity index (χ2v) is 11.0. The van der Waals surface area contributed by atoms with Crippen LogP contribution in [0, 0.1) is 29.0 Å². The van der Waals surface area contributed by atoms with Crippen LogP contribution in [0.3, 0.4) is 0 Å². The minimum absolute atomic E-state index is 0.0719. The van der Waals surface area contributed by atoms with Gasteiger partial charge in [-0.15, -0.1) is 0 Å². The quantitative estimate of drug-likeness (QED) is 0.670. The number of primary amides is 1. The number of ether oxygens (including phenoxy) is 1. The molecule has 1 aromatic carbocycles. The summed E-state index contributed by atoms with van der Waals surface area (Å²) in [5.74, 6) is 0.163. The van der Waals surface area contributed by atoms with Crippen molar-refractivity contribution in [3.8, 4) is 0 Å². The Morgan fingerprint density at radius 1 is 1.17 bits per heavy atom. The summed E-state index contributed by atoms with van der Waals surface area (Å²) in [6, 6.07) is 3.92. The molecule has 4 aliphatic carbocycles. The number of likely N-dealkylation sites (tertiary alicyclic amines) is 1. The van der Waals surface area contributed by atoms with E-state index in [1.165, 1.54) is 16.7 Å². The smallest absolute Gasteiger partial charge is 0.410 e. The number of aliphatic hydroxyl groups is 1. The molecule has 35 heavy (non-hydrogen) atoms. The average molecular weight is 487 g/mol. The molecule has 0 spiro atoms. The van der Waals surface area contributed by atoms with Crippen LogP contribution in [0.2, 0.25) is 0 Å². The van der Waals surface area contributed by atoms with Crippen LogP contribution in [0.15, 0.2) is 23.0 Å². The van der Waals surface area contributed by atoms with Crippen LogP contribution in [-0.4, -0.2) is 56.9 Å². The number of carbonyl (C=O) groups excluding carboxylic acids is 2. The Balaban J connectivity index is 1.19. The number of carbonyl (C=O) groups is 2. The van der Waals surface area contributed by atoms with E-state index in [4.69, 9.17) is 10.5 Å². The zero-order valence-electron chi connectivity index (χ0n) is 19.6. The Morgan fingerprint density at radius 2 is 1.91 bits per heavy atom. The Labute approximate surface area is 201 Å². The second-order valence-electron chi connectivity index (χ2n) is 11.0. The van der Waals surface area contributed by atoms with Gasteiger partial charge in [-0.1, -0.05) is 0 Å². The van der Waals surface area contributed by atoms with Crippen LogP contribution in [0.1, 0.15) is 44.6 Å². The van der Waals surface area contributed by atoms with Gasteiger partial charge in [0.2, 0.25) is 5.91 Å². The Morgan fingerprint density at radius 3 is 2.60 bits per heavy atom. The van der Waals surface area contributed by atoms with E-state index < -0.39 is 11.2 Å². The Bertz CT molecular complexity index is 1240. The molecule has 4 bridgehead atoms. The van der Waals surface area contributed by atoms with Crippen molar-refractivity contribution >= 4 is 23.0 Å². The lowest BCUT2D eigenvalue weighted by molar-refractivity contribution is -0.161. The minimum atomic E-state index is -0.452. The molecular formula is C25H31FN4O5. The zero-order valence-corrected chi connectivity index (χ0v) is 19.6. The van der Waals surface area contributed by atoms with E-state index in [2.05, 4.69) is 0 Å². The molecule has 1 aromatic heterocycles. The molecule has 1 aliphatic heterocycles. The number of benzene rings is 1. The molecule has 5 fully saturated rings. The summed E-state index contributed by atoms with van der Waals surface area (Å²) >= 11 is 0. The number of fused-ring (bicyclic) bond motifs is 1. The van der Waals surface area contributed by atoms with Crippen molar-refractivity contribution < 1.29 is 23.8 Å². The number of imidazole rings is 1. The SMILES string of the molecule is NC(=O)[C@]12CC3CC(C1)C(OC(=O)N1CC[C@H](n4c(=O)n(CCO)c5cc(F)ccc54)C1)[C@@H](C3)C2. The van der Waals surface area contributed by atoms with Crippen LogP contribution in [0.5, 0.6) is 0 Å². The highest BCUT2D eigenvalue weighted by Crippen LogP contribution is 2.60. The van der Waals surface area contributed by atoms with Crippen LogP contribution in [-0.2, 0) is 16.1 Å². The Hall–Kier alpha value is -2.88. The van der Waals surface area contributed by atoms with Crippen molar-refractivity contribution in [2.24, 2.45) is 28.9 Å². The third-order valence-corrected chi connectivity index (χ3v) is 8.98. The Kier molecular flexibility index (Phi) is 5.21. The van der Waals surface area contributed by atoms with E-state index in [-0.39, 0.29) is 54.8 Å². The molecule has 3 N–H and O–H groups in total. The largest absolute Gasteiger partial charge is 0.446 e. The molecule has 6 atom stereocenters. The summed E-state index contributed by atoms with van der Waals surface area (Å²) in [6.45, 7) is 0.618. The number of hydrogen-bond acceptors (Lipinski definition) is 5. The summed E-state index contributed by atoms with van der Waals surface area (Å²) in [6.07, 6.45) is 4.23. The average Bonchev–Trinajstić information content (AvgIpc) is 3.39. The number of aliphatic hydroxyl groups excluding tert-OH is 1. The van der Waals surface area contributed by atoms with Gasteiger partial charge in [0.15, 0.2) is 0 Å². The molecule has 10 heteroatoms. The van der Waals surface area contributed by atoms with Crippen molar-refractivity contribution in [3.63, 3.8) is 0 Å². The number of nitrogens with zero attached hydrogens (tertiary/aromatic N) is 3. The van der Waals surface area contributed by atoms with E-state index in [0.717, 1.165) is 19.3 Å². The molecule has 1 saturated heterocycles. The van der Waals surface area contributed by atoms with Gasteiger partial charge >= 0.3 is 11.8 Å². The van der Waals surface area contributed by atoms with Crippen molar-refractivity contribution in [2.45, 2.75) is 57.2 Å². The zero-order chi connectivity index (χ0) is 24.5. The van der Waals surface area contributed by atoms with E-state index >= 15 is 0 Å². The van der Waals surface area contributed by atoms with Crippen LogP contribution in [0.25, 0.3) is 11.0 Å². The third kappa shape index (κ3) is 3.48. The summed E-state index contributed by atoms with van der Waals surface area (Å²) in [5, 5.41) is 9.39. The maximum Gasteiger partial charge on any atom is 0.410 e. The molecule has 7 rings (SSSR count). The van der Waals surface area contributed by atoms with Gasteiger partial charge in [0, 0.05) is 13.1 Å². The van der Waals surface area contributed by atoms with Crippen molar-refractivity contribution in [1.82, 2.24) is 14.0 Å². The number of hydrogen-bond donors (Lipinski definition) is 2. The summed E-state index contributed by atoms with van der Waals surface area (Å²) in [5.41, 5.74) is 6.04. The van der Waals surface area contributed by atoms with E-state index in [9.17, 15) is 23.9 Å². The molecule has 2 amide bonds. The summed E-state index contributed by atoms with van der Waals surface area (Å²) in [4.78, 5) is 40.1. The standard InChI is InChI=1S/C25H31FN4O5/c26-17-1-2-19-20(9-17)29(5-6-31)23(33)30(19)18-3-4-28(13-18)24(34)35-21-15-7-14-8-16(21)12-25(10-14,11-15)22(27)32/h1-2,9,14-16,18,21,31H,3-8,10-13H2,(H2,27,32)/t14?,15-,16?,18-,21?,25-/m0/s1. The highest BCUT2D eigenvalue weighted by molar-refractivity contribution is 5.81. The molecule has 188 valence electrons. The molecular weight excluding hydrogens is 455 g/mol. The molecule has 0 radical (unpaired) electrons. The first kappa shape index (κ1) is 22.6. The molecule has 2 aromatic rings. The first-order chi connectivity index (χ1) is 16.8. The van der Waals surface area contributed by atoms with Gasteiger partial charge in [-0.3, -0.25) is 13.9 Å². The summed E-state index contributed by atoms with van der Waals surface area (Å²) < 4.78 is 22.9. The number of rotatable bonds is 5. The van der Waals surface area contributed by atoms with Crippen molar-refractivity contribution in [2.75, 3.05) is 19.7 Å². The normalized spacial score (nSPS) is 33.5. The van der Waals surface area contributed by atoms with Gasteiger partial charge in [0.25, 0.3) is 0 Å². The molecule has 2 heterocycles. The molecule has 5 aliphatic rings. The van der Waals surface area contributed by atoms with Gasteiger partial charge in [-0.25, -0.2) is 14.0 Å². The minimum Gasteiger partial charge on any atom is -0.446 e. The summed E-state index contributed by atoms with van der Waals surface area (Å²) in [7, 11) is 0. The lowest BCUT2D eigenvalue weighted by atomic mass is 9.48. The lowest BCUT2D eigenvalue weighted by Gasteiger charge is -2.58. The highest BCUT2D eigenvalue weighted by Gasteiger charge is 2.59. The topological polar surface area (TPSA) is 120 Å². The van der Waals surface area contributed by atoms with Crippen LogP contribution in [0.4, 0.5) is 9.18 Å². The van der Waals surface area contributed by atoms with Gasteiger partial charge in [0.05, 0.1) is 35.6 Å². The predicted molar refractivity (Wildman–Crippen MR) is 124 cm³/mol. The fraction of sp³-hybridized carbons (Fsp3) is 0.640. The van der Waals surface area contributed by atoms with Gasteiger partial charge in [0.1, 0.15) is 11.9 Å². The van der Waals surface area contributed by atoms with Crippen LogP contribution < -0.4 is 11.4 Å². The fourth-order valence-electron chi connectivity index (χ4n) is 7.70. The molecule has 3 unspecified atom stereocenters. The van der Waals surface area contributed by atoms with Crippen LogP contribution >= 0.6 is 0 Å². The number of aromatic nitrogens is 2. The first-order valence-corrected chi connectivity index (χ1v) is 12.6. The number of amides is 2. The first-order valence-electron chi connectivity index (χ1n) is 12.6. The lowest BCUT2D eigenvalue weighted by Crippen LogP contribution is -2.59. The maximum atomic E-state index is 13.9.